The Bertz CT molecular complexity index is 1210. The Morgan fingerprint density at radius 1 is 0.971 bits per heavy atom. The lowest BCUT2D eigenvalue weighted by Gasteiger charge is -2.37. The van der Waals surface area contributed by atoms with Gasteiger partial charge in [0.05, 0.1) is 18.0 Å². The number of ether oxygens (including phenoxy) is 1. The molecule has 0 unspecified atom stereocenters. The molecule has 3 aromatic rings. The van der Waals surface area contributed by atoms with Crippen molar-refractivity contribution in [3.05, 3.63) is 84.4 Å². The summed E-state index contributed by atoms with van der Waals surface area (Å²) in [5.74, 6) is 0.629. The minimum atomic E-state index is -3.79. The Labute approximate surface area is 201 Å². The molecule has 0 bridgehead atoms. The van der Waals surface area contributed by atoms with Crippen molar-refractivity contribution < 1.29 is 17.9 Å². The molecule has 0 radical (unpaired) electrons. The van der Waals surface area contributed by atoms with E-state index in [-0.39, 0.29) is 16.7 Å². The van der Waals surface area contributed by atoms with Crippen LogP contribution < -0.4 is 10.1 Å². The lowest BCUT2D eigenvalue weighted by atomic mass is 9.96. The molecule has 0 amide bonds. The molecule has 1 aliphatic heterocycles. The lowest BCUT2D eigenvalue weighted by molar-refractivity contribution is -0.121. The van der Waals surface area contributed by atoms with Crippen LogP contribution in [-0.4, -0.2) is 44.2 Å². The van der Waals surface area contributed by atoms with Crippen molar-refractivity contribution in [2.75, 3.05) is 13.7 Å². The lowest BCUT2D eigenvalue weighted by Crippen LogP contribution is -2.53. The molecule has 1 N–H and O–H groups in total. The molecule has 7 heteroatoms. The number of nitrogens with zero attached hydrogens (tertiary/aromatic N) is 1. The first-order valence-electron chi connectivity index (χ1n) is 11.4. The number of nitrogens with one attached hydrogen (secondary N) is 1. The van der Waals surface area contributed by atoms with Gasteiger partial charge in [0.25, 0.3) is 0 Å². The third kappa shape index (κ3) is 5.38. The number of piperidine rings is 1. The monoisotopic (exact) mass is 478 g/mol. The maximum atomic E-state index is 13.5. The summed E-state index contributed by atoms with van der Waals surface area (Å²) < 4.78 is 33.5. The van der Waals surface area contributed by atoms with Crippen molar-refractivity contribution in [2.24, 2.45) is 0 Å². The zero-order valence-corrected chi connectivity index (χ0v) is 20.3. The SMILES string of the molecule is COc1ccc(-c2ccc(S(=O)(=O)N3CC[C@@H](NCc4ccccc4)C[C@@H]3C(C)=O)cc2)cc1. The van der Waals surface area contributed by atoms with Crippen LogP contribution in [0.15, 0.2) is 83.8 Å². The molecule has 0 saturated carbocycles. The van der Waals surface area contributed by atoms with E-state index in [0.717, 1.165) is 22.4 Å². The maximum absolute atomic E-state index is 13.5. The molecule has 0 aromatic heterocycles. The molecule has 1 heterocycles. The summed E-state index contributed by atoms with van der Waals surface area (Å²) in [4.78, 5) is 12.7. The van der Waals surface area contributed by atoms with Gasteiger partial charge in [0.1, 0.15) is 11.5 Å². The number of sulfonamides is 1. The van der Waals surface area contributed by atoms with Gasteiger partial charge < -0.3 is 10.1 Å². The van der Waals surface area contributed by atoms with Crippen LogP contribution in [0.25, 0.3) is 11.1 Å². The Morgan fingerprint density at radius 3 is 2.18 bits per heavy atom. The van der Waals surface area contributed by atoms with Crippen molar-refractivity contribution in [1.82, 2.24) is 9.62 Å². The van der Waals surface area contributed by atoms with Crippen LogP contribution in [0.3, 0.4) is 0 Å². The van der Waals surface area contributed by atoms with Gasteiger partial charge in [-0.2, -0.15) is 4.31 Å². The molecule has 178 valence electrons. The van der Waals surface area contributed by atoms with Crippen LogP contribution >= 0.6 is 0 Å². The molecule has 1 saturated heterocycles. The summed E-state index contributed by atoms with van der Waals surface area (Å²) in [7, 11) is -2.18. The molecular weight excluding hydrogens is 448 g/mol. The fraction of sp³-hybridized carbons (Fsp3) is 0.296. The Morgan fingerprint density at radius 2 is 1.59 bits per heavy atom. The normalized spacial score (nSPS) is 19.0. The zero-order chi connectivity index (χ0) is 24.1. The van der Waals surface area contributed by atoms with Crippen LogP contribution in [0.2, 0.25) is 0 Å². The van der Waals surface area contributed by atoms with Gasteiger partial charge in [-0.1, -0.05) is 54.6 Å². The molecule has 34 heavy (non-hydrogen) atoms. The van der Waals surface area contributed by atoms with E-state index in [1.165, 1.54) is 11.2 Å². The number of rotatable bonds is 8. The predicted molar refractivity (Wildman–Crippen MR) is 133 cm³/mol. The van der Waals surface area contributed by atoms with Crippen molar-refractivity contribution in [3.8, 4) is 16.9 Å². The number of carbonyl (C=O) groups is 1. The summed E-state index contributed by atoms with van der Waals surface area (Å²) in [6.07, 6.45) is 1.12. The Balaban J connectivity index is 1.47. The highest BCUT2D eigenvalue weighted by atomic mass is 32.2. The van der Waals surface area contributed by atoms with Crippen LogP contribution in [0.4, 0.5) is 0 Å². The first kappa shape index (κ1) is 24.1. The van der Waals surface area contributed by atoms with Crippen LogP contribution in [-0.2, 0) is 21.4 Å². The highest BCUT2D eigenvalue weighted by molar-refractivity contribution is 7.89. The number of Topliss-reactive ketones (excluding diaryl/α,β-unsaturated/α-hetero) is 1. The fourth-order valence-electron chi connectivity index (χ4n) is 4.38. The van der Waals surface area contributed by atoms with Gasteiger partial charge in [-0.05, 0) is 60.7 Å². The second kappa shape index (κ2) is 10.5. The summed E-state index contributed by atoms with van der Waals surface area (Å²) in [5.41, 5.74) is 3.04. The van der Waals surface area contributed by atoms with Crippen molar-refractivity contribution >= 4 is 15.8 Å². The van der Waals surface area contributed by atoms with E-state index in [9.17, 15) is 13.2 Å². The molecule has 0 spiro atoms. The van der Waals surface area contributed by atoms with E-state index in [1.807, 2.05) is 54.6 Å². The van der Waals surface area contributed by atoms with Gasteiger partial charge in [0, 0.05) is 19.1 Å². The fourth-order valence-corrected chi connectivity index (χ4v) is 6.05. The van der Waals surface area contributed by atoms with Crippen molar-refractivity contribution in [3.63, 3.8) is 0 Å². The van der Waals surface area contributed by atoms with E-state index in [0.29, 0.717) is 25.9 Å². The van der Waals surface area contributed by atoms with Gasteiger partial charge in [-0.15, -0.1) is 0 Å². The number of carbonyl (C=O) groups excluding carboxylic acids is 1. The predicted octanol–water partition coefficient (Wildman–Crippen LogP) is 4.26. The topological polar surface area (TPSA) is 75.7 Å². The van der Waals surface area contributed by atoms with Crippen LogP contribution in [0.5, 0.6) is 5.75 Å². The second-order valence-corrected chi connectivity index (χ2v) is 10.5. The van der Waals surface area contributed by atoms with Crippen LogP contribution in [0.1, 0.15) is 25.3 Å². The van der Waals surface area contributed by atoms with Crippen molar-refractivity contribution in [2.45, 2.75) is 43.3 Å². The minimum Gasteiger partial charge on any atom is -0.497 e. The summed E-state index contributed by atoms with van der Waals surface area (Å²) in [5, 5.41) is 3.49. The number of benzene rings is 3. The third-order valence-corrected chi connectivity index (χ3v) is 8.27. The first-order valence-corrected chi connectivity index (χ1v) is 12.9. The zero-order valence-electron chi connectivity index (χ0n) is 19.5. The Hall–Kier alpha value is -3.00. The van der Waals surface area contributed by atoms with E-state index >= 15 is 0 Å². The molecular formula is C27H30N2O4S. The highest BCUT2D eigenvalue weighted by Crippen LogP contribution is 2.29. The minimum absolute atomic E-state index is 0.0815. The largest absolute Gasteiger partial charge is 0.497 e. The second-order valence-electron chi connectivity index (χ2n) is 8.58. The molecule has 0 aliphatic carbocycles. The van der Waals surface area contributed by atoms with E-state index < -0.39 is 16.1 Å². The van der Waals surface area contributed by atoms with Gasteiger partial charge in [0.15, 0.2) is 0 Å². The number of hydrogen-bond acceptors (Lipinski definition) is 5. The highest BCUT2D eigenvalue weighted by Gasteiger charge is 2.39. The first-order chi connectivity index (χ1) is 16.4. The smallest absolute Gasteiger partial charge is 0.243 e. The molecule has 3 aromatic carbocycles. The summed E-state index contributed by atoms with van der Waals surface area (Å²) in [6, 6.07) is 23.9. The quantitative estimate of drug-likeness (QED) is 0.524. The van der Waals surface area contributed by atoms with Gasteiger partial charge >= 0.3 is 0 Å². The third-order valence-electron chi connectivity index (χ3n) is 6.34. The standard InChI is InChI=1S/C27H30N2O4S/c1-20(30)27-18-24(28-19-21-6-4-3-5-7-21)16-17-29(27)34(31,32)26-14-10-23(11-15-26)22-8-12-25(33-2)13-9-22/h3-15,24,27-28H,16-19H2,1-2H3/t24-,27-/m1/s1. The van der Waals surface area contributed by atoms with E-state index in [1.54, 1.807) is 31.4 Å². The van der Waals surface area contributed by atoms with E-state index in [2.05, 4.69) is 5.32 Å². The molecule has 2 atom stereocenters. The molecule has 6 nitrogen and oxygen atoms in total. The summed E-state index contributed by atoms with van der Waals surface area (Å²) in [6.45, 7) is 2.47. The Kier molecular flexibility index (Phi) is 7.46. The van der Waals surface area contributed by atoms with E-state index in [4.69, 9.17) is 4.74 Å². The summed E-state index contributed by atoms with van der Waals surface area (Å²) >= 11 is 0. The maximum Gasteiger partial charge on any atom is 0.243 e. The molecule has 1 fully saturated rings. The van der Waals surface area contributed by atoms with Gasteiger partial charge in [-0.25, -0.2) is 8.42 Å². The average Bonchev–Trinajstić information content (AvgIpc) is 2.88. The number of methoxy groups -OCH3 is 1. The molecule has 1 aliphatic rings. The molecule has 4 rings (SSSR count). The van der Waals surface area contributed by atoms with Gasteiger partial charge in [0.2, 0.25) is 10.0 Å². The van der Waals surface area contributed by atoms with Crippen molar-refractivity contribution in [1.29, 1.82) is 0 Å². The van der Waals surface area contributed by atoms with Crippen LogP contribution in [0, 0.1) is 0 Å². The van der Waals surface area contributed by atoms with Gasteiger partial charge in [-0.3, -0.25) is 4.79 Å². The number of hydrogen-bond donors (Lipinski definition) is 1. The average molecular weight is 479 g/mol. The number of ketones is 1.